The lowest BCUT2D eigenvalue weighted by Crippen LogP contribution is -2.41. The van der Waals surface area contributed by atoms with Crippen molar-refractivity contribution in [3.05, 3.63) is 24.0 Å². The fourth-order valence-electron chi connectivity index (χ4n) is 1.77. The molecule has 2 heterocycles. The highest BCUT2D eigenvalue weighted by Gasteiger charge is 2.51. The van der Waals surface area contributed by atoms with Crippen LogP contribution in [0.3, 0.4) is 0 Å². The minimum absolute atomic E-state index is 0.410. The van der Waals surface area contributed by atoms with Crippen LogP contribution in [-0.2, 0) is 14.1 Å². The van der Waals surface area contributed by atoms with Gasteiger partial charge in [0.1, 0.15) is 0 Å². The van der Waals surface area contributed by atoms with E-state index >= 15 is 0 Å². The molecule has 1 fully saturated rings. The van der Waals surface area contributed by atoms with Gasteiger partial charge in [-0.15, -0.1) is 0 Å². The lowest BCUT2D eigenvalue weighted by molar-refractivity contribution is -0.112. The van der Waals surface area contributed by atoms with E-state index in [0.29, 0.717) is 5.56 Å². The number of nitrogens with two attached hydrogens (primary N) is 1. The number of carbonyl (C=O) groups excluding carboxylic acids is 1. The van der Waals surface area contributed by atoms with E-state index in [2.05, 4.69) is 16.8 Å². The Morgan fingerprint density at radius 3 is 2.40 bits per heavy atom. The maximum atomic E-state index is 10.7. The Morgan fingerprint density at radius 2 is 1.85 bits per heavy atom. The predicted molar refractivity (Wildman–Crippen MR) is 76.0 cm³/mol. The molecule has 0 radical (unpaired) electrons. The number of amides is 1. The number of primary amides is 1. The van der Waals surface area contributed by atoms with Crippen LogP contribution in [0.5, 0.6) is 0 Å². The van der Waals surface area contributed by atoms with Crippen molar-refractivity contribution < 1.29 is 14.1 Å². The van der Waals surface area contributed by atoms with Crippen LogP contribution >= 0.6 is 0 Å². The fourth-order valence-corrected chi connectivity index (χ4v) is 1.77. The summed E-state index contributed by atoms with van der Waals surface area (Å²) in [6.45, 7) is 7.93. The number of aromatic nitrogens is 1. The van der Waals surface area contributed by atoms with E-state index in [1.807, 2.05) is 27.7 Å². The van der Waals surface area contributed by atoms with Crippen molar-refractivity contribution in [3.63, 3.8) is 0 Å². The van der Waals surface area contributed by atoms with Gasteiger partial charge in [0.05, 0.1) is 11.2 Å². The second-order valence-electron chi connectivity index (χ2n) is 5.71. The highest BCUT2D eigenvalue weighted by molar-refractivity contribution is 6.62. The van der Waals surface area contributed by atoms with Gasteiger partial charge >= 0.3 is 7.12 Å². The first kappa shape index (κ1) is 14.6. The van der Waals surface area contributed by atoms with Gasteiger partial charge in [-0.05, 0) is 33.8 Å². The number of hydrogen-bond acceptors (Lipinski definition) is 4. The molecule has 1 amide bonds. The number of pyridine rings is 1. The number of hydrogen-bond donors (Lipinski definition) is 1. The number of rotatable bonds is 1. The number of nitrogens with zero attached hydrogens (tertiary/aromatic N) is 1. The van der Waals surface area contributed by atoms with Gasteiger partial charge in [-0.2, -0.15) is 0 Å². The van der Waals surface area contributed by atoms with Gasteiger partial charge in [0.2, 0.25) is 0 Å². The summed E-state index contributed by atoms with van der Waals surface area (Å²) < 4.78 is 11.9. The Labute approximate surface area is 119 Å². The molecule has 0 saturated carbocycles. The van der Waals surface area contributed by atoms with E-state index in [-0.39, 0.29) is 0 Å². The predicted octanol–water partition coefficient (Wildman–Crippen LogP) is 0.218. The summed E-state index contributed by atoms with van der Waals surface area (Å²) in [5.74, 6) is 4.26. The second kappa shape index (κ2) is 4.93. The topological polar surface area (TPSA) is 74.4 Å². The zero-order valence-electron chi connectivity index (χ0n) is 12.1. The van der Waals surface area contributed by atoms with Crippen molar-refractivity contribution in [3.8, 4) is 11.8 Å². The lowest BCUT2D eigenvalue weighted by Gasteiger charge is -2.32. The third-order valence-electron chi connectivity index (χ3n) is 3.61. The molecular weight excluding hydrogens is 255 g/mol. The zero-order chi connectivity index (χ0) is 15.0. The van der Waals surface area contributed by atoms with Crippen LogP contribution in [0.2, 0.25) is 0 Å². The number of carbonyl (C=O) groups is 1. The molecule has 1 saturated heterocycles. The summed E-state index contributed by atoms with van der Waals surface area (Å²) in [6, 6.07) is 1.78. The highest BCUT2D eigenvalue weighted by Crippen LogP contribution is 2.36. The SMILES string of the molecule is CC1(C)OB(c2cncc(C#CC(N)=O)c2)OC1(C)C. The van der Waals surface area contributed by atoms with Crippen molar-refractivity contribution in [1.82, 2.24) is 4.98 Å². The van der Waals surface area contributed by atoms with Gasteiger partial charge in [0.25, 0.3) is 5.91 Å². The van der Waals surface area contributed by atoms with E-state index in [4.69, 9.17) is 15.0 Å². The standard InChI is InChI=1S/C14H17BN2O3/c1-13(2)14(3,4)20-15(19-13)11-7-10(8-17-9-11)5-6-12(16)18/h7-9H,1-4H3,(H2,16,18). The van der Waals surface area contributed by atoms with Crippen LogP contribution in [0.1, 0.15) is 33.3 Å². The molecule has 0 atom stereocenters. The summed E-state index contributed by atoms with van der Waals surface area (Å²) in [7, 11) is -0.497. The lowest BCUT2D eigenvalue weighted by atomic mass is 9.80. The molecule has 0 unspecified atom stereocenters. The fraction of sp³-hybridized carbons (Fsp3) is 0.429. The second-order valence-corrected chi connectivity index (χ2v) is 5.71. The molecule has 0 aliphatic carbocycles. The highest BCUT2D eigenvalue weighted by atomic mass is 16.7. The summed E-state index contributed by atoms with van der Waals surface area (Å²) >= 11 is 0. The summed E-state index contributed by atoms with van der Waals surface area (Å²) in [6.07, 6.45) is 3.22. The molecule has 1 aromatic rings. The van der Waals surface area contributed by atoms with Gasteiger partial charge in [0.15, 0.2) is 0 Å². The van der Waals surface area contributed by atoms with E-state index in [0.717, 1.165) is 5.46 Å². The maximum Gasteiger partial charge on any atom is 0.496 e. The monoisotopic (exact) mass is 272 g/mol. The Hall–Kier alpha value is -1.84. The Bertz CT molecular complexity index is 586. The van der Waals surface area contributed by atoms with Crippen LogP contribution in [0, 0.1) is 11.8 Å². The molecule has 2 rings (SSSR count). The Morgan fingerprint density at radius 1 is 1.25 bits per heavy atom. The van der Waals surface area contributed by atoms with Crippen LogP contribution in [-0.4, -0.2) is 29.2 Å². The molecule has 0 bridgehead atoms. The third-order valence-corrected chi connectivity index (χ3v) is 3.61. The van der Waals surface area contributed by atoms with E-state index in [1.165, 1.54) is 0 Å². The molecular formula is C14H17BN2O3. The van der Waals surface area contributed by atoms with Crippen molar-refractivity contribution in [2.75, 3.05) is 0 Å². The van der Waals surface area contributed by atoms with Crippen LogP contribution < -0.4 is 11.2 Å². The van der Waals surface area contributed by atoms with Crippen LogP contribution in [0.15, 0.2) is 18.5 Å². The first-order valence-corrected chi connectivity index (χ1v) is 6.33. The molecule has 1 aromatic heterocycles. The maximum absolute atomic E-state index is 10.7. The Balaban J connectivity index is 2.26. The van der Waals surface area contributed by atoms with Crippen molar-refractivity contribution in [2.45, 2.75) is 38.9 Å². The normalized spacial score (nSPS) is 19.3. The molecule has 2 N–H and O–H groups in total. The van der Waals surface area contributed by atoms with Crippen molar-refractivity contribution >= 4 is 18.5 Å². The van der Waals surface area contributed by atoms with Gasteiger partial charge < -0.3 is 15.0 Å². The van der Waals surface area contributed by atoms with Crippen LogP contribution in [0.25, 0.3) is 0 Å². The van der Waals surface area contributed by atoms with E-state index in [9.17, 15) is 4.79 Å². The summed E-state index contributed by atoms with van der Waals surface area (Å²) in [5.41, 5.74) is 5.53. The molecule has 104 valence electrons. The molecule has 20 heavy (non-hydrogen) atoms. The van der Waals surface area contributed by atoms with Gasteiger partial charge in [0, 0.05) is 29.3 Å². The van der Waals surface area contributed by atoms with Gasteiger partial charge in [-0.25, -0.2) is 0 Å². The molecule has 6 heteroatoms. The average molecular weight is 272 g/mol. The first-order chi connectivity index (χ1) is 9.21. The molecule has 1 aliphatic heterocycles. The molecule has 0 spiro atoms. The smallest absolute Gasteiger partial charge is 0.399 e. The quantitative estimate of drug-likeness (QED) is 0.586. The summed E-state index contributed by atoms with van der Waals surface area (Å²) in [4.78, 5) is 14.8. The molecule has 5 nitrogen and oxygen atoms in total. The van der Waals surface area contributed by atoms with Crippen LogP contribution in [0.4, 0.5) is 0 Å². The molecule has 1 aliphatic rings. The minimum Gasteiger partial charge on any atom is -0.399 e. The average Bonchev–Trinajstić information content (AvgIpc) is 2.56. The van der Waals surface area contributed by atoms with E-state index < -0.39 is 24.2 Å². The van der Waals surface area contributed by atoms with Gasteiger partial charge in [-0.3, -0.25) is 9.78 Å². The van der Waals surface area contributed by atoms with Gasteiger partial charge in [-0.1, -0.05) is 5.92 Å². The summed E-state index contributed by atoms with van der Waals surface area (Å²) in [5, 5.41) is 0. The van der Waals surface area contributed by atoms with E-state index in [1.54, 1.807) is 18.5 Å². The minimum atomic E-state index is -0.675. The molecule has 0 aromatic carbocycles. The van der Waals surface area contributed by atoms with Crippen molar-refractivity contribution in [2.24, 2.45) is 5.73 Å². The Kier molecular flexibility index (Phi) is 3.59. The third kappa shape index (κ3) is 2.84. The van der Waals surface area contributed by atoms with Crippen molar-refractivity contribution in [1.29, 1.82) is 0 Å². The largest absolute Gasteiger partial charge is 0.496 e. The first-order valence-electron chi connectivity index (χ1n) is 6.33. The zero-order valence-corrected chi connectivity index (χ0v) is 12.1.